The van der Waals surface area contributed by atoms with Crippen LogP contribution in [0, 0.1) is 18.3 Å². The van der Waals surface area contributed by atoms with Gasteiger partial charge in [-0.15, -0.1) is 18.2 Å². The third-order valence-corrected chi connectivity index (χ3v) is 3.93. The largest absolute Gasteiger partial charge is 0.392 e. The Morgan fingerprint density at radius 2 is 2.19 bits per heavy atom. The fourth-order valence-electron chi connectivity index (χ4n) is 2.26. The van der Waals surface area contributed by atoms with E-state index in [2.05, 4.69) is 11.2 Å². The number of terminal acetylenes is 1. The number of rotatable bonds is 8. The fraction of sp³-hybridized carbons (Fsp3) is 0.846. The van der Waals surface area contributed by atoms with E-state index in [1.54, 1.807) is 11.8 Å². The van der Waals surface area contributed by atoms with E-state index in [4.69, 9.17) is 6.42 Å². The van der Waals surface area contributed by atoms with Crippen molar-refractivity contribution in [1.29, 1.82) is 0 Å². The lowest BCUT2D eigenvalue weighted by Crippen LogP contribution is -2.29. The van der Waals surface area contributed by atoms with Gasteiger partial charge in [-0.2, -0.15) is 0 Å². The molecule has 2 N–H and O–H groups in total. The molecule has 0 spiro atoms. The minimum atomic E-state index is -0.166. The van der Waals surface area contributed by atoms with Crippen LogP contribution in [0.5, 0.6) is 0 Å². The van der Waals surface area contributed by atoms with E-state index in [0.29, 0.717) is 0 Å². The zero-order chi connectivity index (χ0) is 11.6. The predicted octanol–water partition coefficient (Wildman–Crippen LogP) is 1.88. The normalized spacial score (nSPS) is 18.5. The number of thioether (sulfide) groups is 1. The Kier molecular flexibility index (Phi) is 7.75. The van der Waals surface area contributed by atoms with Gasteiger partial charge in [-0.3, -0.25) is 0 Å². The summed E-state index contributed by atoms with van der Waals surface area (Å²) < 4.78 is 0. The van der Waals surface area contributed by atoms with Crippen molar-refractivity contribution >= 4 is 11.8 Å². The number of aliphatic hydroxyl groups is 1. The molecule has 0 aliphatic heterocycles. The van der Waals surface area contributed by atoms with Crippen molar-refractivity contribution in [3.63, 3.8) is 0 Å². The summed E-state index contributed by atoms with van der Waals surface area (Å²) in [5.74, 6) is 5.18. The number of hydrogen-bond donors (Lipinski definition) is 2. The Balaban J connectivity index is 1.89. The topological polar surface area (TPSA) is 32.3 Å². The van der Waals surface area contributed by atoms with Crippen LogP contribution in [0.3, 0.4) is 0 Å². The monoisotopic (exact) mass is 241 g/mol. The van der Waals surface area contributed by atoms with Crippen LogP contribution in [0.25, 0.3) is 0 Å². The second-order valence-corrected chi connectivity index (χ2v) is 5.61. The highest BCUT2D eigenvalue weighted by Gasteiger charge is 2.18. The zero-order valence-corrected chi connectivity index (χ0v) is 10.8. The molecule has 0 aromatic heterocycles. The average Bonchev–Trinajstić information content (AvgIpc) is 2.76. The second-order valence-electron chi connectivity index (χ2n) is 4.50. The second kappa shape index (κ2) is 8.92. The summed E-state index contributed by atoms with van der Waals surface area (Å²) in [6, 6.07) is 0. The molecule has 1 aliphatic carbocycles. The van der Waals surface area contributed by atoms with E-state index < -0.39 is 0 Å². The van der Waals surface area contributed by atoms with Gasteiger partial charge in [0.2, 0.25) is 0 Å². The van der Waals surface area contributed by atoms with Crippen molar-refractivity contribution in [2.24, 2.45) is 5.92 Å². The molecule has 0 heterocycles. The Hall–Kier alpha value is -0.170. The van der Waals surface area contributed by atoms with Crippen LogP contribution in [0.4, 0.5) is 0 Å². The first-order valence-corrected chi connectivity index (χ1v) is 7.38. The lowest BCUT2D eigenvalue weighted by molar-refractivity contribution is 0.141. The van der Waals surface area contributed by atoms with Gasteiger partial charge < -0.3 is 10.4 Å². The summed E-state index contributed by atoms with van der Waals surface area (Å²) in [6.45, 7) is 1.67. The van der Waals surface area contributed by atoms with Crippen LogP contribution in [0.2, 0.25) is 0 Å². The average molecular weight is 241 g/mol. The van der Waals surface area contributed by atoms with E-state index in [1.807, 2.05) is 0 Å². The maximum absolute atomic E-state index is 9.81. The molecule has 0 aromatic rings. The van der Waals surface area contributed by atoms with Crippen LogP contribution < -0.4 is 5.32 Å². The highest BCUT2D eigenvalue weighted by Crippen LogP contribution is 2.28. The smallest absolute Gasteiger partial charge is 0.0667 e. The van der Waals surface area contributed by atoms with Crippen molar-refractivity contribution in [2.75, 3.05) is 24.6 Å². The maximum Gasteiger partial charge on any atom is 0.0667 e. The Bertz CT molecular complexity index is 208. The summed E-state index contributed by atoms with van der Waals surface area (Å²) in [7, 11) is 0. The number of nitrogens with one attached hydrogen (secondary N) is 1. The van der Waals surface area contributed by atoms with Crippen LogP contribution in [-0.4, -0.2) is 35.8 Å². The van der Waals surface area contributed by atoms with Gasteiger partial charge in [0.1, 0.15) is 0 Å². The minimum absolute atomic E-state index is 0.166. The summed E-state index contributed by atoms with van der Waals surface area (Å²) in [5.41, 5.74) is 0. The van der Waals surface area contributed by atoms with Crippen molar-refractivity contribution < 1.29 is 5.11 Å². The quantitative estimate of drug-likeness (QED) is 0.503. The van der Waals surface area contributed by atoms with Crippen LogP contribution in [-0.2, 0) is 0 Å². The lowest BCUT2D eigenvalue weighted by Gasteiger charge is -2.15. The Morgan fingerprint density at radius 1 is 1.44 bits per heavy atom. The van der Waals surface area contributed by atoms with Gasteiger partial charge in [0, 0.05) is 18.8 Å². The lowest BCUT2D eigenvalue weighted by atomic mass is 10.0. The Labute approximate surface area is 104 Å². The molecule has 0 aromatic carbocycles. The van der Waals surface area contributed by atoms with E-state index in [-0.39, 0.29) is 6.10 Å². The van der Waals surface area contributed by atoms with Crippen molar-refractivity contribution in [3.8, 4) is 12.3 Å². The molecule has 0 saturated heterocycles. The molecular weight excluding hydrogens is 218 g/mol. The Morgan fingerprint density at radius 3 is 2.88 bits per heavy atom. The molecule has 0 bridgehead atoms. The van der Waals surface area contributed by atoms with Crippen LogP contribution in [0.15, 0.2) is 0 Å². The molecule has 92 valence electrons. The summed E-state index contributed by atoms with van der Waals surface area (Å²) >= 11 is 1.76. The van der Waals surface area contributed by atoms with Crippen LogP contribution >= 0.6 is 11.8 Å². The molecule has 0 radical (unpaired) electrons. The summed E-state index contributed by atoms with van der Waals surface area (Å²) in [5, 5.41) is 13.1. The molecule has 1 aliphatic rings. The van der Waals surface area contributed by atoms with E-state index in [0.717, 1.165) is 36.9 Å². The third kappa shape index (κ3) is 6.42. The SMILES string of the molecule is C#CCSCCNCC(O)CC1CCCC1. The maximum atomic E-state index is 9.81. The van der Waals surface area contributed by atoms with Gasteiger partial charge in [-0.05, 0) is 12.3 Å². The first-order valence-electron chi connectivity index (χ1n) is 6.23. The highest BCUT2D eigenvalue weighted by atomic mass is 32.2. The van der Waals surface area contributed by atoms with E-state index in [9.17, 15) is 5.11 Å². The number of hydrogen-bond acceptors (Lipinski definition) is 3. The van der Waals surface area contributed by atoms with Crippen molar-refractivity contribution in [3.05, 3.63) is 0 Å². The summed E-state index contributed by atoms with van der Waals surface area (Å²) in [6.07, 6.45) is 11.3. The van der Waals surface area contributed by atoms with Gasteiger partial charge in [0.15, 0.2) is 0 Å². The molecule has 1 unspecified atom stereocenters. The molecule has 0 amide bonds. The number of aliphatic hydroxyl groups excluding tert-OH is 1. The standard InChI is InChI=1S/C13H23NOS/c1-2-8-16-9-7-14-11-13(15)10-12-5-3-4-6-12/h1,12-15H,3-11H2. The zero-order valence-electron chi connectivity index (χ0n) is 9.95. The first-order chi connectivity index (χ1) is 7.83. The van der Waals surface area contributed by atoms with Gasteiger partial charge in [0.25, 0.3) is 0 Å². The molecule has 1 atom stereocenters. The molecule has 16 heavy (non-hydrogen) atoms. The predicted molar refractivity (Wildman–Crippen MR) is 71.6 cm³/mol. The van der Waals surface area contributed by atoms with Crippen LogP contribution in [0.1, 0.15) is 32.1 Å². The molecular formula is C13H23NOS. The van der Waals surface area contributed by atoms with Crippen molar-refractivity contribution in [2.45, 2.75) is 38.2 Å². The van der Waals surface area contributed by atoms with Gasteiger partial charge in [-0.25, -0.2) is 0 Å². The molecule has 1 rings (SSSR count). The fourth-order valence-corrected chi connectivity index (χ4v) is 2.81. The molecule has 2 nitrogen and oxygen atoms in total. The molecule has 1 fully saturated rings. The van der Waals surface area contributed by atoms with E-state index >= 15 is 0 Å². The van der Waals surface area contributed by atoms with Gasteiger partial charge in [0.05, 0.1) is 11.9 Å². The molecule has 3 heteroatoms. The van der Waals surface area contributed by atoms with Gasteiger partial charge >= 0.3 is 0 Å². The summed E-state index contributed by atoms with van der Waals surface area (Å²) in [4.78, 5) is 0. The minimum Gasteiger partial charge on any atom is -0.392 e. The first kappa shape index (κ1) is 13.9. The van der Waals surface area contributed by atoms with Gasteiger partial charge in [-0.1, -0.05) is 31.6 Å². The third-order valence-electron chi connectivity index (χ3n) is 3.07. The van der Waals surface area contributed by atoms with E-state index in [1.165, 1.54) is 25.7 Å². The van der Waals surface area contributed by atoms with Crippen molar-refractivity contribution in [1.82, 2.24) is 5.32 Å². The highest BCUT2D eigenvalue weighted by molar-refractivity contribution is 7.99. The molecule has 1 saturated carbocycles.